The van der Waals surface area contributed by atoms with Gasteiger partial charge in [-0.25, -0.2) is 4.98 Å². The van der Waals surface area contributed by atoms with E-state index in [1.165, 1.54) is 23.9 Å². The summed E-state index contributed by atoms with van der Waals surface area (Å²) in [6.07, 6.45) is 0. The Labute approximate surface area is 165 Å². The lowest BCUT2D eigenvalue weighted by Crippen LogP contribution is -2.05. The molecule has 0 radical (unpaired) electrons. The maximum Gasteiger partial charge on any atom is 0.270 e. The van der Waals surface area contributed by atoms with Gasteiger partial charge < -0.3 is 14.0 Å². The van der Waals surface area contributed by atoms with Crippen LogP contribution in [0, 0.1) is 10.1 Å². The fourth-order valence-electron chi connectivity index (χ4n) is 2.72. The van der Waals surface area contributed by atoms with Crippen LogP contribution >= 0.6 is 23.4 Å². The number of ether oxygens (including phenoxy) is 2. The molecular formula is C18H18ClN3O4S. The number of thioether (sulfide) groups is 1. The summed E-state index contributed by atoms with van der Waals surface area (Å²) in [5.74, 6) is 1.09. The largest absolute Gasteiger partial charge is 0.496 e. The van der Waals surface area contributed by atoms with Crippen LogP contribution in [0.15, 0.2) is 41.6 Å². The van der Waals surface area contributed by atoms with Gasteiger partial charge in [-0.2, -0.15) is 0 Å². The lowest BCUT2D eigenvalue weighted by Gasteiger charge is -2.10. The highest BCUT2D eigenvalue weighted by Gasteiger charge is 2.15. The molecule has 142 valence electrons. The second-order valence-corrected chi connectivity index (χ2v) is 7.09. The van der Waals surface area contributed by atoms with E-state index in [1.807, 2.05) is 18.2 Å². The Bertz CT molecular complexity index is 977. The molecule has 3 rings (SSSR count). The number of fused-ring (bicyclic) bond motifs is 1. The van der Waals surface area contributed by atoms with E-state index in [0.717, 1.165) is 21.8 Å². The van der Waals surface area contributed by atoms with Crippen molar-refractivity contribution in [2.45, 2.75) is 17.5 Å². The van der Waals surface area contributed by atoms with E-state index in [2.05, 4.69) is 9.55 Å². The van der Waals surface area contributed by atoms with E-state index in [1.54, 1.807) is 20.3 Å². The number of hydrogen-bond donors (Lipinski definition) is 0. The Hall–Kier alpha value is -2.29. The van der Waals surface area contributed by atoms with Crippen LogP contribution in [0.1, 0.15) is 5.56 Å². The third kappa shape index (κ3) is 4.35. The molecule has 0 aliphatic carbocycles. The summed E-state index contributed by atoms with van der Waals surface area (Å²) < 4.78 is 12.6. The number of rotatable bonds is 8. The number of halogens is 1. The quantitative estimate of drug-likeness (QED) is 0.309. The average molecular weight is 408 g/mol. The van der Waals surface area contributed by atoms with Gasteiger partial charge in [0.1, 0.15) is 5.75 Å². The molecule has 0 amide bonds. The van der Waals surface area contributed by atoms with Crippen molar-refractivity contribution in [2.24, 2.45) is 0 Å². The highest BCUT2D eigenvalue weighted by atomic mass is 35.5. The van der Waals surface area contributed by atoms with Crippen molar-refractivity contribution in [1.29, 1.82) is 0 Å². The normalized spacial score (nSPS) is 11.1. The first-order chi connectivity index (χ1) is 13.0. The first kappa shape index (κ1) is 19.5. The molecule has 0 spiro atoms. The van der Waals surface area contributed by atoms with Crippen LogP contribution in [0.3, 0.4) is 0 Å². The predicted molar refractivity (Wildman–Crippen MR) is 106 cm³/mol. The van der Waals surface area contributed by atoms with Gasteiger partial charge in [-0.15, -0.1) is 0 Å². The molecule has 0 saturated carbocycles. The molecule has 27 heavy (non-hydrogen) atoms. The van der Waals surface area contributed by atoms with Crippen LogP contribution in [0.2, 0.25) is 5.02 Å². The van der Waals surface area contributed by atoms with Crippen LogP contribution in [-0.4, -0.2) is 35.3 Å². The third-order valence-corrected chi connectivity index (χ3v) is 5.29. The zero-order valence-corrected chi connectivity index (χ0v) is 16.4. The number of nitro benzene ring substituents is 1. The number of aromatic nitrogens is 2. The second-order valence-electron chi connectivity index (χ2n) is 5.71. The number of nitro groups is 1. The fourth-order valence-corrected chi connectivity index (χ4v) is 3.91. The van der Waals surface area contributed by atoms with E-state index < -0.39 is 4.92 Å². The van der Waals surface area contributed by atoms with Gasteiger partial charge in [0.05, 0.1) is 29.7 Å². The van der Waals surface area contributed by atoms with Crippen molar-refractivity contribution in [1.82, 2.24) is 9.55 Å². The predicted octanol–water partition coefficient (Wildman–Crippen LogP) is 4.55. The van der Waals surface area contributed by atoms with Crippen LogP contribution in [-0.2, 0) is 17.0 Å². The Balaban J connectivity index is 1.92. The summed E-state index contributed by atoms with van der Waals surface area (Å²) in [6, 6.07) is 10.2. The molecule has 3 aromatic rings. The van der Waals surface area contributed by atoms with Crippen molar-refractivity contribution in [3.05, 3.63) is 57.1 Å². The van der Waals surface area contributed by atoms with Crippen molar-refractivity contribution >= 4 is 40.1 Å². The number of nitrogens with zero attached hydrogens (tertiary/aromatic N) is 3. The Morgan fingerprint density at radius 1 is 1.26 bits per heavy atom. The summed E-state index contributed by atoms with van der Waals surface area (Å²) in [7, 11) is 3.20. The van der Waals surface area contributed by atoms with Gasteiger partial charge >= 0.3 is 0 Å². The zero-order chi connectivity index (χ0) is 19.4. The zero-order valence-electron chi connectivity index (χ0n) is 14.8. The fraction of sp³-hybridized carbons (Fsp3) is 0.278. The molecule has 0 aliphatic rings. The van der Waals surface area contributed by atoms with Crippen LogP contribution in [0.25, 0.3) is 11.0 Å². The van der Waals surface area contributed by atoms with Crippen LogP contribution in [0.5, 0.6) is 5.75 Å². The first-order valence-corrected chi connectivity index (χ1v) is 9.48. The van der Waals surface area contributed by atoms with Gasteiger partial charge in [0, 0.05) is 42.1 Å². The number of benzene rings is 2. The van der Waals surface area contributed by atoms with E-state index >= 15 is 0 Å². The van der Waals surface area contributed by atoms with Crippen LogP contribution in [0.4, 0.5) is 5.69 Å². The topological polar surface area (TPSA) is 79.4 Å². The molecule has 0 atom stereocenters. The summed E-state index contributed by atoms with van der Waals surface area (Å²) in [4.78, 5) is 15.3. The number of imidazole rings is 1. The molecule has 1 heterocycles. The summed E-state index contributed by atoms with van der Waals surface area (Å²) in [6.45, 7) is 1.19. The highest BCUT2D eigenvalue weighted by molar-refractivity contribution is 7.98. The molecule has 0 N–H and O–H groups in total. The number of hydrogen-bond acceptors (Lipinski definition) is 6. The molecule has 2 aromatic carbocycles. The van der Waals surface area contributed by atoms with Gasteiger partial charge in [-0.1, -0.05) is 23.4 Å². The van der Waals surface area contributed by atoms with E-state index in [4.69, 9.17) is 21.1 Å². The second kappa shape index (κ2) is 8.60. The molecule has 1 aromatic heterocycles. The van der Waals surface area contributed by atoms with E-state index in [0.29, 0.717) is 29.7 Å². The van der Waals surface area contributed by atoms with Gasteiger partial charge in [0.2, 0.25) is 0 Å². The standard InChI is InChI=1S/C18H18ClN3O4S/c1-25-8-7-21-16-5-3-13(19)10-15(16)20-18(21)27-11-12-9-14(22(23)24)4-6-17(12)26-2/h3-6,9-10H,7-8,11H2,1-2H3. The van der Waals surface area contributed by atoms with Gasteiger partial charge in [-0.3, -0.25) is 10.1 Å². The maximum absolute atomic E-state index is 11.1. The molecule has 7 nitrogen and oxygen atoms in total. The van der Waals surface area contributed by atoms with Crippen molar-refractivity contribution in [2.75, 3.05) is 20.8 Å². The Morgan fingerprint density at radius 3 is 2.78 bits per heavy atom. The van der Waals surface area contributed by atoms with Crippen LogP contribution < -0.4 is 4.74 Å². The SMILES string of the molecule is COCCn1c(SCc2cc([N+](=O)[O-])ccc2OC)nc2cc(Cl)ccc21. The minimum atomic E-state index is -0.413. The molecule has 9 heteroatoms. The van der Waals surface area contributed by atoms with Gasteiger partial charge in [0.15, 0.2) is 5.16 Å². The smallest absolute Gasteiger partial charge is 0.270 e. The van der Waals surface area contributed by atoms with Gasteiger partial charge in [-0.05, 0) is 24.3 Å². The molecule has 0 unspecified atom stereocenters. The monoisotopic (exact) mass is 407 g/mol. The minimum Gasteiger partial charge on any atom is -0.496 e. The van der Waals surface area contributed by atoms with Crippen molar-refractivity contribution in [3.63, 3.8) is 0 Å². The lowest BCUT2D eigenvalue weighted by atomic mass is 10.2. The minimum absolute atomic E-state index is 0.0334. The van der Waals surface area contributed by atoms with Gasteiger partial charge in [0.25, 0.3) is 5.69 Å². The van der Waals surface area contributed by atoms with Crippen molar-refractivity contribution < 1.29 is 14.4 Å². The molecule has 0 aliphatic heterocycles. The maximum atomic E-state index is 11.1. The highest BCUT2D eigenvalue weighted by Crippen LogP contribution is 2.32. The van der Waals surface area contributed by atoms with E-state index in [9.17, 15) is 10.1 Å². The summed E-state index contributed by atoms with van der Waals surface area (Å²) >= 11 is 7.57. The molecule has 0 saturated heterocycles. The number of non-ortho nitro benzene ring substituents is 1. The molecule has 0 fully saturated rings. The first-order valence-electron chi connectivity index (χ1n) is 8.12. The lowest BCUT2D eigenvalue weighted by molar-refractivity contribution is -0.384. The Morgan fingerprint density at radius 2 is 2.07 bits per heavy atom. The Kier molecular flexibility index (Phi) is 6.20. The average Bonchev–Trinajstić information content (AvgIpc) is 3.00. The molecular weight excluding hydrogens is 390 g/mol. The summed E-state index contributed by atoms with van der Waals surface area (Å²) in [5.41, 5.74) is 2.53. The number of methoxy groups -OCH3 is 2. The molecule has 0 bridgehead atoms. The van der Waals surface area contributed by atoms with Crippen molar-refractivity contribution in [3.8, 4) is 5.75 Å². The third-order valence-electron chi connectivity index (χ3n) is 4.03. The van der Waals surface area contributed by atoms with E-state index in [-0.39, 0.29) is 5.69 Å². The summed E-state index contributed by atoms with van der Waals surface area (Å²) in [5, 5.41) is 12.5.